The largest absolute Gasteiger partial charge is 0.469 e. The number of carbonyl (C=O) groups is 1. The quantitative estimate of drug-likeness (QED) is 0.807. The third-order valence-electron chi connectivity index (χ3n) is 4.63. The highest BCUT2D eigenvalue weighted by molar-refractivity contribution is 7.91. The van der Waals surface area contributed by atoms with Crippen molar-refractivity contribution in [1.29, 1.82) is 0 Å². The van der Waals surface area contributed by atoms with Crippen LogP contribution in [0, 0.1) is 0 Å². The Morgan fingerprint density at radius 2 is 2.08 bits per heavy atom. The van der Waals surface area contributed by atoms with Crippen LogP contribution in [0.5, 0.6) is 0 Å². The Morgan fingerprint density at radius 3 is 2.60 bits per heavy atom. The highest BCUT2D eigenvalue weighted by atomic mass is 32.2. The average Bonchev–Trinajstić information content (AvgIpc) is 2.52. The fourth-order valence-corrected chi connectivity index (χ4v) is 3.47. The first-order valence-corrected chi connectivity index (χ1v) is 9.24. The Balaban J connectivity index is 2.41. The number of nitrogens with zero attached hydrogens (tertiary/aromatic N) is 2. The summed E-state index contributed by atoms with van der Waals surface area (Å²) in [6.45, 7) is 6.53. The number of amidine groups is 1. The van der Waals surface area contributed by atoms with E-state index in [4.69, 9.17) is 9.47 Å². The zero-order chi connectivity index (χ0) is 18.9. The monoisotopic (exact) mass is 369 g/mol. The van der Waals surface area contributed by atoms with Crippen molar-refractivity contribution in [3.8, 4) is 0 Å². The molecule has 1 N–H and O–H groups in total. The summed E-state index contributed by atoms with van der Waals surface area (Å²) in [5, 5.41) is 0. The van der Waals surface area contributed by atoms with Crippen LogP contribution < -0.4 is 4.72 Å². The predicted octanol–water partition coefficient (Wildman–Crippen LogP) is 1.55. The summed E-state index contributed by atoms with van der Waals surface area (Å²) < 4.78 is 36.8. The van der Waals surface area contributed by atoms with Crippen LogP contribution in [0.25, 0.3) is 0 Å². The molecule has 1 aromatic heterocycles. The molecule has 0 amide bonds. The number of aromatic nitrogens is 1. The lowest BCUT2D eigenvalue weighted by Crippen LogP contribution is -2.64. The fourth-order valence-electron chi connectivity index (χ4n) is 2.20. The lowest BCUT2D eigenvalue weighted by molar-refractivity contribution is -0.141. The zero-order valence-electron chi connectivity index (χ0n) is 14.9. The van der Waals surface area contributed by atoms with Gasteiger partial charge in [-0.05, 0) is 39.3 Å². The van der Waals surface area contributed by atoms with Crippen molar-refractivity contribution in [2.75, 3.05) is 7.11 Å². The fraction of sp³-hybridized carbons (Fsp3) is 0.562. The second-order valence-electron chi connectivity index (χ2n) is 6.74. The molecule has 0 radical (unpaired) electrons. The molecule has 138 valence electrons. The summed E-state index contributed by atoms with van der Waals surface area (Å²) in [6, 6.07) is 2.62. The number of nitrogens with one attached hydrogen (secondary N) is 1. The second-order valence-corrected chi connectivity index (χ2v) is 8.98. The summed E-state index contributed by atoms with van der Waals surface area (Å²) >= 11 is 0. The number of hydrogen-bond acceptors (Lipinski definition) is 7. The molecule has 2 heterocycles. The molecule has 25 heavy (non-hydrogen) atoms. The van der Waals surface area contributed by atoms with Gasteiger partial charge in [-0.25, -0.2) is 18.1 Å². The summed E-state index contributed by atoms with van der Waals surface area (Å²) in [5.41, 5.74) is -0.369. The number of sulfonamides is 1. The molecule has 9 heteroatoms. The molecular weight excluding hydrogens is 346 g/mol. The SMILES string of the molecule is COC(=O)CC(N=C1NS(=O)(=O)C(C)(C)C(C)(C)O1)c1cccnc1. The van der Waals surface area contributed by atoms with Crippen molar-refractivity contribution in [2.24, 2.45) is 4.99 Å². The topological polar surface area (TPSA) is 107 Å². The van der Waals surface area contributed by atoms with Gasteiger partial charge in [0.1, 0.15) is 10.3 Å². The van der Waals surface area contributed by atoms with Crippen molar-refractivity contribution in [3.05, 3.63) is 30.1 Å². The molecule has 1 aliphatic rings. The maximum atomic E-state index is 12.5. The van der Waals surface area contributed by atoms with E-state index in [1.807, 2.05) is 0 Å². The number of esters is 1. The molecule has 0 saturated carbocycles. The van der Waals surface area contributed by atoms with E-state index in [1.54, 1.807) is 52.2 Å². The van der Waals surface area contributed by atoms with Gasteiger partial charge < -0.3 is 9.47 Å². The Bertz CT molecular complexity index is 772. The van der Waals surface area contributed by atoms with Crippen LogP contribution in [0.3, 0.4) is 0 Å². The number of pyridine rings is 1. The van der Waals surface area contributed by atoms with Gasteiger partial charge in [-0.1, -0.05) is 6.07 Å². The third-order valence-corrected chi connectivity index (χ3v) is 6.90. The molecule has 1 unspecified atom stereocenters. The molecule has 1 atom stereocenters. The van der Waals surface area contributed by atoms with Gasteiger partial charge in [0.05, 0.1) is 19.6 Å². The molecule has 0 bridgehead atoms. The number of ether oxygens (including phenoxy) is 2. The van der Waals surface area contributed by atoms with E-state index in [2.05, 4.69) is 14.7 Å². The Hall–Kier alpha value is -2.16. The lowest BCUT2D eigenvalue weighted by atomic mass is 9.93. The molecule has 2 rings (SSSR count). The maximum Gasteiger partial charge on any atom is 0.308 e. The van der Waals surface area contributed by atoms with E-state index < -0.39 is 32.4 Å². The van der Waals surface area contributed by atoms with E-state index in [0.717, 1.165) is 0 Å². The molecule has 0 aliphatic carbocycles. The van der Waals surface area contributed by atoms with Gasteiger partial charge in [-0.15, -0.1) is 0 Å². The van der Waals surface area contributed by atoms with Gasteiger partial charge in [0, 0.05) is 12.4 Å². The van der Waals surface area contributed by atoms with Gasteiger partial charge in [-0.2, -0.15) is 0 Å². The van der Waals surface area contributed by atoms with Crippen molar-refractivity contribution in [3.63, 3.8) is 0 Å². The smallest absolute Gasteiger partial charge is 0.308 e. The highest BCUT2D eigenvalue weighted by Gasteiger charge is 2.54. The minimum absolute atomic E-state index is 0.0688. The first-order valence-electron chi connectivity index (χ1n) is 7.76. The zero-order valence-corrected chi connectivity index (χ0v) is 15.8. The Kier molecular flexibility index (Phi) is 5.08. The lowest BCUT2D eigenvalue weighted by Gasteiger charge is -2.44. The molecule has 0 aromatic carbocycles. The van der Waals surface area contributed by atoms with Gasteiger partial charge in [-0.3, -0.25) is 9.78 Å². The van der Waals surface area contributed by atoms with E-state index in [1.165, 1.54) is 7.11 Å². The first kappa shape index (κ1) is 19.2. The number of methoxy groups -OCH3 is 1. The standard InChI is InChI=1S/C16H23N3O5S/c1-15(2)16(3,4)25(21,22)19-14(24-15)18-12(9-13(20)23-5)11-7-6-8-17-10-11/h6-8,10,12H,9H2,1-5H3,(H,18,19). The van der Waals surface area contributed by atoms with Crippen LogP contribution in [0.2, 0.25) is 0 Å². The minimum atomic E-state index is -3.72. The third kappa shape index (κ3) is 3.76. The van der Waals surface area contributed by atoms with Gasteiger partial charge in [0.15, 0.2) is 0 Å². The van der Waals surface area contributed by atoms with E-state index >= 15 is 0 Å². The van der Waals surface area contributed by atoms with Gasteiger partial charge in [0.2, 0.25) is 10.0 Å². The summed E-state index contributed by atoms with van der Waals surface area (Å²) in [7, 11) is -2.44. The van der Waals surface area contributed by atoms with Crippen molar-refractivity contribution in [2.45, 2.75) is 50.5 Å². The molecule has 1 aromatic rings. The second kappa shape index (κ2) is 6.62. The molecule has 1 aliphatic heterocycles. The molecule has 0 spiro atoms. The molecule has 1 saturated heterocycles. The Morgan fingerprint density at radius 1 is 1.40 bits per heavy atom. The number of rotatable bonds is 4. The van der Waals surface area contributed by atoms with E-state index in [-0.39, 0.29) is 12.4 Å². The van der Waals surface area contributed by atoms with E-state index in [9.17, 15) is 13.2 Å². The predicted molar refractivity (Wildman–Crippen MR) is 92.3 cm³/mol. The van der Waals surface area contributed by atoms with Crippen LogP contribution >= 0.6 is 0 Å². The normalized spacial score (nSPS) is 23.2. The summed E-state index contributed by atoms with van der Waals surface area (Å²) in [4.78, 5) is 20.0. The van der Waals surface area contributed by atoms with Crippen LogP contribution in [-0.4, -0.2) is 42.9 Å². The van der Waals surface area contributed by atoms with Crippen LogP contribution in [0.15, 0.2) is 29.5 Å². The number of hydrogen-bond donors (Lipinski definition) is 1. The van der Waals surface area contributed by atoms with Crippen molar-refractivity contribution >= 4 is 22.0 Å². The van der Waals surface area contributed by atoms with E-state index in [0.29, 0.717) is 5.56 Å². The molecule has 1 fully saturated rings. The minimum Gasteiger partial charge on any atom is -0.469 e. The van der Waals surface area contributed by atoms with Gasteiger partial charge >= 0.3 is 5.97 Å². The first-order chi connectivity index (χ1) is 11.5. The van der Waals surface area contributed by atoms with Crippen LogP contribution in [-0.2, 0) is 24.3 Å². The molecule has 8 nitrogen and oxygen atoms in total. The van der Waals surface area contributed by atoms with Crippen molar-refractivity contribution < 1.29 is 22.7 Å². The van der Waals surface area contributed by atoms with Crippen LogP contribution in [0.4, 0.5) is 0 Å². The van der Waals surface area contributed by atoms with Crippen molar-refractivity contribution in [1.82, 2.24) is 9.71 Å². The maximum absolute atomic E-state index is 12.5. The number of aliphatic imine (C=N–C) groups is 1. The van der Waals surface area contributed by atoms with Crippen LogP contribution in [0.1, 0.15) is 45.7 Å². The van der Waals surface area contributed by atoms with Gasteiger partial charge in [0.25, 0.3) is 6.02 Å². The Labute approximate surface area is 147 Å². The summed E-state index contributed by atoms with van der Waals surface area (Å²) in [6.07, 6.45) is 3.09. The molecular formula is C16H23N3O5S. The highest BCUT2D eigenvalue weighted by Crippen LogP contribution is 2.36. The average molecular weight is 369 g/mol. The summed E-state index contributed by atoms with van der Waals surface area (Å²) in [5.74, 6) is -0.476. The number of carbonyl (C=O) groups excluding carboxylic acids is 1.